The first-order valence-electron chi connectivity index (χ1n) is 15.7. The van der Waals surface area contributed by atoms with Crippen LogP contribution in [0.25, 0.3) is 0 Å². The first-order chi connectivity index (χ1) is 18.1. The largest absolute Gasteiger partial charge is 0.633 e. The predicted octanol–water partition coefficient (Wildman–Crippen LogP) is 9.88. The van der Waals surface area contributed by atoms with Crippen molar-refractivity contribution in [1.82, 2.24) is 0 Å². The quantitative estimate of drug-likeness (QED) is 0.0631. The van der Waals surface area contributed by atoms with Gasteiger partial charge in [0.15, 0.2) is 0 Å². The molecule has 1 aromatic carbocycles. The van der Waals surface area contributed by atoms with Crippen molar-refractivity contribution in [2.24, 2.45) is 0 Å². The monoisotopic (exact) mass is 555 g/mol. The van der Waals surface area contributed by atoms with Crippen molar-refractivity contribution in [3.05, 3.63) is 35.0 Å². The van der Waals surface area contributed by atoms with Gasteiger partial charge in [-0.15, -0.1) is 0 Å². The Labute approximate surface area is 236 Å². The van der Waals surface area contributed by atoms with Crippen LogP contribution in [0.4, 0.5) is 0 Å². The lowest BCUT2D eigenvalue weighted by Crippen LogP contribution is -2.32. The fourth-order valence-electron chi connectivity index (χ4n) is 4.74. The van der Waals surface area contributed by atoms with E-state index in [9.17, 15) is 18.2 Å². The number of rotatable bonds is 23. The van der Waals surface area contributed by atoms with Crippen molar-refractivity contribution in [2.75, 3.05) is 20.6 Å². The number of nitrogens with zero attached hydrogens (tertiary/aromatic N) is 1. The Hall–Kier alpha value is -0.950. The zero-order valence-corrected chi connectivity index (χ0v) is 26.2. The number of hydrogen-bond donors (Lipinski definition) is 1. The molecule has 0 saturated carbocycles. The fraction of sp³-hybridized carbons (Fsp3) is 0.812. The molecule has 38 heavy (non-hydrogen) atoms. The van der Waals surface area contributed by atoms with Crippen LogP contribution < -0.4 is 0 Å². The second kappa shape index (κ2) is 23.9. The van der Waals surface area contributed by atoms with E-state index in [1.165, 1.54) is 115 Å². The van der Waals surface area contributed by atoms with Crippen molar-refractivity contribution in [3.63, 3.8) is 0 Å². The number of hydrogen-bond acceptors (Lipinski definition) is 3. The number of benzene rings is 1. The Morgan fingerprint density at radius 1 is 0.632 bits per heavy atom. The van der Waals surface area contributed by atoms with Crippen LogP contribution in [-0.4, -0.2) is 38.3 Å². The minimum Gasteiger partial charge on any atom is -0.633 e. The molecule has 5 nitrogen and oxygen atoms in total. The molecule has 1 aromatic rings. The third-order valence-corrected chi connectivity index (χ3v) is 8.05. The van der Waals surface area contributed by atoms with Crippen molar-refractivity contribution in [1.29, 1.82) is 0 Å². The van der Waals surface area contributed by atoms with Gasteiger partial charge in [0.25, 0.3) is 10.1 Å². The molecule has 0 aromatic heterocycles. The van der Waals surface area contributed by atoms with Crippen molar-refractivity contribution >= 4 is 10.1 Å². The smallest absolute Gasteiger partial charge is 0.294 e. The van der Waals surface area contributed by atoms with E-state index in [0.717, 1.165) is 31.4 Å². The summed E-state index contributed by atoms with van der Waals surface area (Å²) in [4.78, 5) is 0.0610. The summed E-state index contributed by atoms with van der Waals surface area (Å²) in [5, 5.41) is 11.3. The van der Waals surface area contributed by atoms with E-state index >= 15 is 0 Å². The van der Waals surface area contributed by atoms with Gasteiger partial charge in [0.1, 0.15) is 0 Å². The van der Waals surface area contributed by atoms with Crippen LogP contribution in [0.5, 0.6) is 0 Å². The minimum atomic E-state index is -4.10. The third kappa shape index (κ3) is 24.1. The molecule has 1 rings (SSSR count). The molecule has 0 unspecified atom stereocenters. The van der Waals surface area contributed by atoms with Crippen LogP contribution in [0.1, 0.15) is 148 Å². The highest BCUT2D eigenvalue weighted by Crippen LogP contribution is 2.18. The highest BCUT2D eigenvalue weighted by atomic mass is 32.2. The summed E-state index contributed by atoms with van der Waals surface area (Å²) < 4.78 is 31.7. The molecule has 0 radical (unpaired) electrons. The van der Waals surface area contributed by atoms with Crippen LogP contribution in [0.15, 0.2) is 29.2 Å². The molecular weight excluding hydrogens is 494 g/mol. The van der Waals surface area contributed by atoms with Crippen LogP contribution in [0.2, 0.25) is 0 Å². The second-order valence-electron chi connectivity index (χ2n) is 11.5. The number of hydroxylamine groups is 3. The lowest BCUT2D eigenvalue weighted by molar-refractivity contribution is -0.840. The van der Waals surface area contributed by atoms with Gasteiger partial charge in [0, 0.05) is 0 Å². The highest BCUT2D eigenvalue weighted by molar-refractivity contribution is 7.85. The van der Waals surface area contributed by atoms with Gasteiger partial charge in [-0.05, 0) is 37.3 Å². The molecule has 6 heteroatoms. The van der Waals surface area contributed by atoms with Crippen LogP contribution in [0, 0.1) is 5.21 Å². The van der Waals surface area contributed by atoms with Gasteiger partial charge < -0.3 is 9.85 Å². The topological polar surface area (TPSA) is 77.4 Å². The Morgan fingerprint density at radius 3 is 1.39 bits per heavy atom. The van der Waals surface area contributed by atoms with Crippen LogP contribution in [-0.2, 0) is 16.5 Å². The number of unbranched alkanes of at least 4 members (excludes halogenated alkanes) is 18. The lowest BCUT2D eigenvalue weighted by atomic mass is 10.0. The summed E-state index contributed by atoms with van der Waals surface area (Å²) in [5.41, 5.74) is 0.726. The maximum atomic E-state index is 11.3. The Balaban J connectivity index is 0.000000761. The summed E-state index contributed by atoms with van der Waals surface area (Å²) >= 11 is 0. The molecule has 0 aliphatic rings. The Morgan fingerprint density at radius 2 is 1.00 bits per heavy atom. The summed E-state index contributed by atoms with van der Waals surface area (Å²) in [6.07, 6.45) is 26.7. The molecule has 0 saturated heterocycles. The van der Waals surface area contributed by atoms with E-state index in [2.05, 4.69) is 13.8 Å². The molecule has 0 spiro atoms. The highest BCUT2D eigenvalue weighted by Gasteiger charge is 2.13. The predicted molar refractivity (Wildman–Crippen MR) is 164 cm³/mol. The van der Waals surface area contributed by atoms with Gasteiger partial charge in [-0.1, -0.05) is 141 Å². The van der Waals surface area contributed by atoms with Gasteiger partial charge >= 0.3 is 0 Å². The zero-order chi connectivity index (χ0) is 28.5. The standard InChI is InChI=1S/C18H30O3S.C14H31NO/c1-2-3-4-5-6-7-8-9-10-11-14-17-15-12-13-16-18(17)22(19,20)21;1-4-5-6-7-8-9-10-11-12-13-14-15(2,3)16/h12-13,15-16H,2-11,14H2,1H3,(H,19,20,21);4-14H2,1-3H3. The summed E-state index contributed by atoms with van der Waals surface area (Å²) in [7, 11) is -0.636. The van der Waals surface area contributed by atoms with Crippen molar-refractivity contribution in [3.8, 4) is 0 Å². The second-order valence-corrected chi connectivity index (χ2v) is 12.9. The number of quaternary nitrogens is 1. The minimum absolute atomic E-state index is 0.0610. The van der Waals surface area contributed by atoms with Gasteiger partial charge in [0.05, 0.1) is 25.5 Å². The SMILES string of the molecule is CCCCCCCCCCCC[N+](C)(C)[O-].CCCCCCCCCCCCc1ccccc1S(=O)(=O)O. The summed E-state index contributed by atoms with van der Waals surface area (Å²) in [5.74, 6) is 0. The average molecular weight is 556 g/mol. The van der Waals surface area contributed by atoms with E-state index in [4.69, 9.17) is 0 Å². The molecule has 0 bridgehead atoms. The molecule has 0 aliphatic carbocycles. The summed E-state index contributed by atoms with van der Waals surface area (Å²) in [6.45, 7) is 5.27. The molecule has 0 fully saturated rings. The molecule has 224 valence electrons. The summed E-state index contributed by atoms with van der Waals surface area (Å²) in [6, 6.07) is 6.73. The van der Waals surface area contributed by atoms with E-state index in [-0.39, 0.29) is 9.54 Å². The van der Waals surface area contributed by atoms with Gasteiger partial charge in [-0.3, -0.25) is 4.55 Å². The normalized spacial score (nSPS) is 11.8. The van der Waals surface area contributed by atoms with Crippen LogP contribution in [0.3, 0.4) is 0 Å². The van der Waals surface area contributed by atoms with E-state index in [1.807, 2.05) is 6.07 Å². The third-order valence-electron chi connectivity index (χ3n) is 7.10. The maximum absolute atomic E-state index is 11.3. The van der Waals surface area contributed by atoms with Gasteiger partial charge in [0.2, 0.25) is 0 Å². The zero-order valence-electron chi connectivity index (χ0n) is 25.4. The van der Waals surface area contributed by atoms with Crippen molar-refractivity contribution < 1.29 is 17.6 Å². The Bertz CT molecular complexity index is 759. The van der Waals surface area contributed by atoms with Gasteiger partial charge in [-0.2, -0.15) is 8.42 Å². The van der Waals surface area contributed by atoms with Crippen molar-refractivity contribution in [2.45, 2.75) is 154 Å². The van der Waals surface area contributed by atoms with E-state index in [0.29, 0.717) is 6.42 Å². The molecular formula is C32H61NO4S. The van der Waals surface area contributed by atoms with Gasteiger partial charge in [-0.25, -0.2) is 0 Å². The molecule has 0 amide bonds. The molecule has 0 heterocycles. The number of aryl methyl sites for hydroxylation is 1. The fourth-order valence-corrected chi connectivity index (χ4v) is 5.50. The maximum Gasteiger partial charge on any atom is 0.294 e. The first kappa shape index (κ1) is 37.0. The van der Waals surface area contributed by atoms with E-state index < -0.39 is 10.1 Å². The molecule has 0 atom stereocenters. The Kier molecular flexibility index (Phi) is 23.3. The average Bonchev–Trinajstić information content (AvgIpc) is 2.86. The van der Waals surface area contributed by atoms with E-state index in [1.54, 1.807) is 26.2 Å². The first-order valence-corrected chi connectivity index (χ1v) is 17.1. The van der Waals surface area contributed by atoms with Crippen LogP contribution >= 0.6 is 0 Å². The molecule has 1 N–H and O–H groups in total. The lowest BCUT2D eigenvalue weighted by Gasteiger charge is -2.33. The molecule has 0 aliphatic heterocycles.